The molecule has 1 heterocycles. The third-order valence-corrected chi connectivity index (χ3v) is 4.57. The monoisotopic (exact) mass is 332 g/mol. The molecule has 0 saturated carbocycles. The standard InChI is InChI=1S/C20H21BN2O2/c21-20(25)23-13-7-12-18(23)19(24)22(14-16-8-3-1-4-9-16)15-17-10-5-2-6-11-17/h1-6,8-11,18H,7,12-15H2/t18-/m0/s1. The number of carbonyl (C=O) groups is 2. The lowest BCUT2D eigenvalue weighted by Crippen LogP contribution is -2.47. The van der Waals surface area contributed by atoms with Gasteiger partial charge in [-0.3, -0.25) is 9.59 Å². The van der Waals surface area contributed by atoms with E-state index in [0.29, 0.717) is 26.1 Å². The molecule has 0 N–H and O–H groups in total. The normalized spacial score (nSPS) is 16.6. The zero-order valence-electron chi connectivity index (χ0n) is 14.2. The number of hydrogen-bond donors (Lipinski definition) is 0. The summed E-state index contributed by atoms with van der Waals surface area (Å²) in [7, 11) is 5.45. The SMILES string of the molecule is [B]C(=O)N1CCC[C@H]1C(=O)N(Cc1ccccc1)Cc1ccccc1. The number of amides is 2. The van der Waals surface area contributed by atoms with Crippen molar-refractivity contribution >= 4 is 19.6 Å². The number of hydrogen-bond acceptors (Lipinski definition) is 2. The molecule has 3 rings (SSSR count). The largest absolute Gasteiger partial charge is 0.341 e. The number of likely N-dealkylation sites (tertiary alicyclic amines) is 1. The van der Waals surface area contributed by atoms with Crippen LogP contribution in [-0.4, -0.2) is 41.9 Å². The van der Waals surface area contributed by atoms with Gasteiger partial charge >= 0.3 is 0 Å². The quantitative estimate of drug-likeness (QED) is 0.790. The summed E-state index contributed by atoms with van der Waals surface area (Å²) in [6, 6.07) is 19.3. The van der Waals surface area contributed by atoms with Crippen LogP contribution in [0.25, 0.3) is 0 Å². The van der Waals surface area contributed by atoms with Crippen molar-refractivity contribution in [3.63, 3.8) is 0 Å². The van der Waals surface area contributed by atoms with Gasteiger partial charge in [0.1, 0.15) is 6.04 Å². The van der Waals surface area contributed by atoms with E-state index in [4.69, 9.17) is 7.85 Å². The molecular formula is C20H21BN2O2. The lowest BCUT2D eigenvalue weighted by molar-refractivity contribution is -0.136. The van der Waals surface area contributed by atoms with Crippen molar-refractivity contribution in [3.05, 3.63) is 71.8 Å². The summed E-state index contributed by atoms with van der Waals surface area (Å²) >= 11 is 0. The topological polar surface area (TPSA) is 40.6 Å². The fraction of sp³-hybridized carbons (Fsp3) is 0.300. The van der Waals surface area contributed by atoms with Crippen molar-refractivity contribution < 1.29 is 9.59 Å². The lowest BCUT2D eigenvalue weighted by Gasteiger charge is -2.30. The molecular weight excluding hydrogens is 311 g/mol. The van der Waals surface area contributed by atoms with Gasteiger partial charge in [0.05, 0.1) is 0 Å². The highest BCUT2D eigenvalue weighted by atomic mass is 16.2. The van der Waals surface area contributed by atoms with Crippen LogP contribution in [-0.2, 0) is 17.9 Å². The summed E-state index contributed by atoms with van der Waals surface area (Å²) in [5.41, 5.74) is 2.13. The maximum absolute atomic E-state index is 13.1. The van der Waals surface area contributed by atoms with Crippen LogP contribution in [0.15, 0.2) is 60.7 Å². The third-order valence-electron chi connectivity index (χ3n) is 4.57. The second kappa shape index (κ2) is 8.01. The highest BCUT2D eigenvalue weighted by Crippen LogP contribution is 2.21. The average Bonchev–Trinajstić information content (AvgIpc) is 3.12. The Labute approximate surface area is 149 Å². The van der Waals surface area contributed by atoms with Gasteiger partial charge in [0.15, 0.2) is 5.81 Å². The van der Waals surface area contributed by atoms with Crippen LogP contribution in [0, 0.1) is 0 Å². The summed E-state index contributed by atoms with van der Waals surface area (Å²) in [5.74, 6) is -0.556. The fourth-order valence-electron chi connectivity index (χ4n) is 3.32. The summed E-state index contributed by atoms with van der Waals surface area (Å²) in [5, 5.41) is 0. The highest BCUT2D eigenvalue weighted by Gasteiger charge is 2.34. The highest BCUT2D eigenvalue weighted by molar-refractivity contribution is 6.57. The van der Waals surface area contributed by atoms with E-state index in [9.17, 15) is 9.59 Å². The molecule has 2 aromatic rings. The molecule has 0 aliphatic carbocycles. The van der Waals surface area contributed by atoms with Gasteiger partial charge in [0.2, 0.25) is 13.8 Å². The van der Waals surface area contributed by atoms with Gasteiger partial charge in [0, 0.05) is 19.6 Å². The minimum atomic E-state index is -0.518. The number of benzene rings is 2. The van der Waals surface area contributed by atoms with Gasteiger partial charge in [0.25, 0.3) is 0 Å². The Morgan fingerprint density at radius 2 is 1.48 bits per heavy atom. The summed E-state index contributed by atoms with van der Waals surface area (Å²) in [6.45, 7) is 1.57. The first-order chi connectivity index (χ1) is 12.1. The van der Waals surface area contributed by atoms with E-state index in [1.807, 2.05) is 65.6 Å². The Morgan fingerprint density at radius 3 is 1.96 bits per heavy atom. The van der Waals surface area contributed by atoms with E-state index >= 15 is 0 Å². The van der Waals surface area contributed by atoms with Crippen molar-refractivity contribution in [2.75, 3.05) is 6.54 Å². The average molecular weight is 332 g/mol. The first-order valence-electron chi connectivity index (χ1n) is 8.58. The zero-order valence-corrected chi connectivity index (χ0v) is 14.2. The Morgan fingerprint density at radius 1 is 0.960 bits per heavy atom. The predicted octanol–water partition coefficient (Wildman–Crippen LogP) is 2.97. The fourth-order valence-corrected chi connectivity index (χ4v) is 3.32. The molecule has 0 aromatic heterocycles. The van der Waals surface area contributed by atoms with Gasteiger partial charge < -0.3 is 9.80 Å². The molecule has 25 heavy (non-hydrogen) atoms. The van der Waals surface area contributed by atoms with Crippen LogP contribution in [0.1, 0.15) is 24.0 Å². The van der Waals surface area contributed by atoms with Crippen molar-refractivity contribution in [3.8, 4) is 0 Å². The van der Waals surface area contributed by atoms with E-state index in [1.165, 1.54) is 4.90 Å². The third kappa shape index (κ3) is 4.30. The maximum Gasteiger partial charge on any atom is 0.245 e. The number of carbonyl (C=O) groups excluding carboxylic acids is 2. The Hall–Kier alpha value is -2.56. The number of rotatable bonds is 5. The minimum absolute atomic E-state index is 0.0380. The predicted molar refractivity (Wildman–Crippen MR) is 98.0 cm³/mol. The molecule has 1 aliphatic rings. The van der Waals surface area contributed by atoms with E-state index in [2.05, 4.69) is 0 Å². The molecule has 126 valence electrons. The molecule has 1 saturated heterocycles. The lowest BCUT2D eigenvalue weighted by atomic mass is 10.1. The molecule has 5 heteroatoms. The maximum atomic E-state index is 13.1. The van der Waals surface area contributed by atoms with Crippen LogP contribution in [0.4, 0.5) is 4.79 Å². The van der Waals surface area contributed by atoms with Crippen molar-refractivity contribution in [2.24, 2.45) is 0 Å². The van der Waals surface area contributed by atoms with E-state index in [1.54, 1.807) is 0 Å². The van der Waals surface area contributed by atoms with E-state index < -0.39 is 11.8 Å². The molecule has 1 aliphatic heterocycles. The van der Waals surface area contributed by atoms with E-state index in [-0.39, 0.29) is 5.91 Å². The summed E-state index contributed by atoms with van der Waals surface area (Å²) in [6.07, 6.45) is 1.48. The Bertz CT molecular complexity index is 679. The Kier molecular flexibility index (Phi) is 5.54. The van der Waals surface area contributed by atoms with Crippen molar-refractivity contribution in [1.82, 2.24) is 9.80 Å². The first kappa shape index (κ1) is 17.3. The molecule has 2 radical (unpaired) electrons. The molecule has 2 amide bonds. The second-order valence-electron chi connectivity index (χ2n) is 6.36. The van der Waals surface area contributed by atoms with Crippen LogP contribution >= 0.6 is 0 Å². The van der Waals surface area contributed by atoms with Crippen LogP contribution in [0.3, 0.4) is 0 Å². The first-order valence-corrected chi connectivity index (χ1v) is 8.58. The molecule has 0 spiro atoms. The second-order valence-corrected chi connectivity index (χ2v) is 6.36. The van der Waals surface area contributed by atoms with Gasteiger partial charge in [-0.2, -0.15) is 0 Å². The molecule has 4 nitrogen and oxygen atoms in total. The molecule has 1 fully saturated rings. The van der Waals surface area contributed by atoms with Gasteiger partial charge in [-0.15, -0.1) is 0 Å². The van der Waals surface area contributed by atoms with Crippen LogP contribution in [0.2, 0.25) is 0 Å². The van der Waals surface area contributed by atoms with Crippen molar-refractivity contribution in [2.45, 2.75) is 32.0 Å². The molecule has 2 aromatic carbocycles. The van der Waals surface area contributed by atoms with Gasteiger partial charge in [-0.05, 0) is 24.0 Å². The number of nitrogens with zero attached hydrogens (tertiary/aromatic N) is 2. The van der Waals surface area contributed by atoms with Crippen molar-refractivity contribution in [1.29, 1.82) is 0 Å². The smallest absolute Gasteiger partial charge is 0.245 e. The van der Waals surface area contributed by atoms with Gasteiger partial charge in [-0.1, -0.05) is 60.7 Å². The molecule has 0 bridgehead atoms. The zero-order chi connectivity index (χ0) is 17.6. The van der Waals surface area contributed by atoms with Gasteiger partial charge in [-0.25, -0.2) is 0 Å². The van der Waals surface area contributed by atoms with Crippen LogP contribution < -0.4 is 0 Å². The van der Waals surface area contributed by atoms with E-state index in [0.717, 1.165) is 17.5 Å². The van der Waals surface area contributed by atoms with Crippen LogP contribution in [0.5, 0.6) is 0 Å². The Balaban J connectivity index is 1.82. The molecule has 0 unspecified atom stereocenters. The summed E-state index contributed by atoms with van der Waals surface area (Å²) < 4.78 is 0. The minimum Gasteiger partial charge on any atom is -0.341 e. The summed E-state index contributed by atoms with van der Waals surface area (Å²) in [4.78, 5) is 28.1. The molecule has 1 atom stereocenters.